The predicted molar refractivity (Wildman–Crippen MR) is 68.3 cm³/mol. The first kappa shape index (κ1) is 13.2. The first-order chi connectivity index (χ1) is 9.90. The van der Waals surface area contributed by atoms with E-state index in [9.17, 15) is 22.8 Å². The van der Waals surface area contributed by atoms with E-state index in [0.717, 1.165) is 0 Å². The van der Waals surface area contributed by atoms with Gasteiger partial charge in [-0.15, -0.1) is 0 Å². The molecule has 7 heteroatoms. The SMILES string of the molecule is Nc1ccc2c(c1)C(=O)N(c1cc(F)c(F)c(F)c1)C2=O. The van der Waals surface area contributed by atoms with Gasteiger partial charge in [-0.05, 0) is 18.2 Å². The number of imide groups is 1. The molecule has 0 unspecified atom stereocenters. The maximum absolute atomic E-state index is 13.3. The number of hydrogen-bond acceptors (Lipinski definition) is 3. The van der Waals surface area contributed by atoms with Crippen molar-refractivity contribution in [3.05, 3.63) is 58.9 Å². The molecule has 0 fully saturated rings. The third-order valence-electron chi connectivity index (χ3n) is 3.14. The second-order valence-electron chi connectivity index (χ2n) is 4.47. The lowest BCUT2D eigenvalue weighted by molar-refractivity contribution is 0.0926. The number of nitrogens with zero attached hydrogens (tertiary/aromatic N) is 1. The zero-order valence-corrected chi connectivity index (χ0v) is 10.4. The smallest absolute Gasteiger partial charge is 0.266 e. The first-order valence-electron chi connectivity index (χ1n) is 5.83. The molecule has 0 aromatic heterocycles. The molecular weight excluding hydrogens is 285 g/mol. The molecule has 0 saturated heterocycles. The van der Waals surface area contributed by atoms with E-state index in [-0.39, 0.29) is 22.5 Å². The van der Waals surface area contributed by atoms with Crippen molar-refractivity contribution in [2.24, 2.45) is 0 Å². The molecule has 3 rings (SSSR count). The number of fused-ring (bicyclic) bond motifs is 1. The number of benzene rings is 2. The molecule has 0 saturated carbocycles. The number of carbonyl (C=O) groups is 2. The first-order valence-corrected chi connectivity index (χ1v) is 5.83. The van der Waals surface area contributed by atoms with E-state index in [0.29, 0.717) is 17.0 Å². The van der Waals surface area contributed by atoms with Crippen LogP contribution in [-0.4, -0.2) is 11.8 Å². The molecule has 2 aromatic rings. The number of nitrogen functional groups attached to an aromatic ring is 1. The maximum atomic E-state index is 13.3. The molecule has 2 aromatic carbocycles. The van der Waals surface area contributed by atoms with Crippen molar-refractivity contribution in [3.63, 3.8) is 0 Å². The van der Waals surface area contributed by atoms with Crippen molar-refractivity contribution < 1.29 is 22.8 Å². The second-order valence-corrected chi connectivity index (χ2v) is 4.47. The zero-order chi connectivity index (χ0) is 15.3. The lowest BCUT2D eigenvalue weighted by Gasteiger charge is -2.14. The fourth-order valence-electron chi connectivity index (χ4n) is 2.16. The highest BCUT2D eigenvalue weighted by molar-refractivity contribution is 6.34. The van der Waals surface area contributed by atoms with Crippen LogP contribution in [-0.2, 0) is 0 Å². The molecule has 1 aliphatic heterocycles. The van der Waals surface area contributed by atoms with Gasteiger partial charge in [0.15, 0.2) is 17.5 Å². The van der Waals surface area contributed by atoms with Gasteiger partial charge in [-0.25, -0.2) is 18.1 Å². The fraction of sp³-hybridized carbons (Fsp3) is 0. The molecular formula is C14H7F3N2O2. The van der Waals surface area contributed by atoms with Crippen LogP contribution in [0.2, 0.25) is 0 Å². The van der Waals surface area contributed by atoms with Gasteiger partial charge in [0, 0.05) is 17.8 Å². The van der Waals surface area contributed by atoms with E-state index in [1.54, 1.807) is 0 Å². The number of carbonyl (C=O) groups excluding carboxylic acids is 2. The van der Waals surface area contributed by atoms with Crippen molar-refractivity contribution in [2.45, 2.75) is 0 Å². The highest BCUT2D eigenvalue weighted by Gasteiger charge is 2.37. The average Bonchev–Trinajstić information content (AvgIpc) is 2.67. The van der Waals surface area contributed by atoms with Crippen LogP contribution in [0.3, 0.4) is 0 Å². The van der Waals surface area contributed by atoms with Crippen LogP contribution < -0.4 is 10.6 Å². The minimum atomic E-state index is -1.67. The van der Waals surface area contributed by atoms with Crippen molar-refractivity contribution in [1.82, 2.24) is 0 Å². The third kappa shape index (κ3) is 1.85. The Morgan fingerprint density at radius 3 is 2.05 bits per heavy atom. The van der Waals surface area contributed by atoms with Gasteiger partial charge in [-0.3, -0.25) is 9.59 Å². The Bertz CT molecular complexity index is 782. The van der Waals surface area contributed by atoms with E-state index in [1.165, 1.54) is 18.2 Å². The number of hydrogen-bond donors (Lipinski definition) is 1. The predicted octanol–water partition coefficient (Wildman–Crippen LogP) is 2.49. The van der Waals surface area contributed by atoms with Gasteiger partial charge in [-0.1, -0.05) is 0 Å². The standard InChI is InChI=1S/C14H7F3N2O2/c15-10-4-7(5-11(16)12(10)17)19-13(20)8-2-1-6(18)3-9(8)14(19)21/h1-5H,18H2. The van der Waals surface area contributed by atoms with Crippen molar-refractivity contribution in [2.75, 3.05) is 10.6 Å². The summed E-state index contributed by atoms with van der Waals surface area (Å²) in [6.07, 6.45) is 0. The van der Waals surface area contributed by atoms with Crippen molar-refractivity contribution in [3.8, 4) is 0 Å². The number of amides is 2. The van der Waals surface area contributed by atoms with Crippen LogP contribution in [0.4, 0.5) is 24.5 Å². The Morgan fingerprint density at radius 2 is 1.43 bits per heavy atom. The normalized spacial score (nSPS) is 13.8. The van der Waals surface area contributed by atoms with Crippen LogP contribution in [0.5, 0.6) is 0 Å². The summed E-state index contributed by atoms with van der Waals surface area (Å²) in [7, 11) is 0. The van der Waals surface area contributed by atoms with Gasteiger partial charge in [0.1, 0.15) is 0 Å². The van der Waals surface area contributed by atoms with Crippen LogP contribution in [0.1, 0.15) is 20.7 Å². The molecule has 0 spiro atoms. The lowest BCUT2D eigenvalue weighted by Crippen LogP contribution is -2.29. The second kappa shape index (κ2) is 4.34. The van der Waals surface area contributed by atoms with Crippen molar-refractivity contribution >= 4 is 23.2 Å². The van der Waals surface area contributed by atoms with E-state index < -0.39 is 29.3 Å². The van der Waals surface area contributed by atoms with Crippen LogP contribution >= 0.6 is 0 Å². The van der Waals surface area contributed by atoms with Crippen molar-refractivity contribution in [1.29, 1.82) is 0 Å². The summed E-state index contributed by atoms with van der Waals surface area (Å²) in [5.74, 6) is -6.16. The van der Waals surface area contributed by atoms with Crippen LogP contribution in [0.25, 0.3) is 0 Å². The number of nitrogens with two attached hydrogens (primary N) is 1. The number of anilines is 2. The van der Waals surface area contributed by atoms with Gasteiger partial charge in [0.25, 0.3) is 11.8 Å². The molecule has 2 N–H and O–H groups in total. The fourth-order valence-corrected chi connectivity index (χ4v) is 2.16. The molecule has 0 radical (unpaired) electrons. The van der Waals surface area contributed by atoms with E-state index in [2.05, 4.69) is 0 Å². The molecule has 2 amide bonds. The van der Waals surface area contributed by atoms with Crippen LogP contribution in [0, 0.1) is 17.5 Å². The van der Waals surface area contributed by atoms with E-state index in [4.69, 9.17) is 5.73 Å². The number of halogens is 3. The summed E-state index contributed by atoms with van der Waals surface area (Å²) in [5, 5.41) is 0. The topological polar surface area (TPSA) is 63.4 Å². The summed E-state index contributed by atoms with van der Waals surface area (Å²) in [6.45, 7) is 0. The Labute approximate surface area is 116 Å². The minimum absolute atomic E-state index is 0.0325. The Kier molecular flexibility index (Phi) is 2.72. The highest BCUT2D eigenvalue weighted by atomic mass is 19.2. The Balaban J connectivity index is 2.14. The summed E-state index contributed by atoms with van der Waals surface area (Å²) in [6, 6.07) is 5.25. The van der Waals surface area contributed by atoms with E-state index >= 15 is 0 Å². The summed E-state index contributed by atoms with van der Waals surface area (Å²) in [4.78, 5) is 24.9. The molecule has 1 heterocycles. The van der Waals surface area contributed by atoms with Gasteiger partial charge in [0.2, 0.25) is 0 Å². The maximum Gasteiger partial charge on any atom is 0.266 e. The molecule has 4 nitrogen and oxygen atoms in total. The van der Waals surface area contributed by atoms with E-state index in [1.807, 2.05) is 0 Å². The Morgan fingerprint density at radius 1 is 0.857 bits per heavy atom. The molecule has 0 aliphatic carbocycles. The summed E-state index contributed by atoms with van der Waals surface area (Å²) >= 11 is 0. The molecule has 0 bridgehead atoms. The number of rotatable bonds is 1. The van der Waals surface area contributed by atoms with Gasteiger partial charge in [0.05, 0.1) is 16.8 Å². The third-order valence-corrected chi connectivity index (χ3v) is 3.14. The monoisotopic (exact) mass is 292 g/mol. The largest absolute Gasteiger partial charge is 0.399 e. The van der Waals surface area contributed by atoms with Crippen LogP contribution in [0.15, 0.2) is 30.3 Å². The van der Waals surface area contributed by atoms with Gasteiger partial charge in [-0.2, -0.15) is 0 Å². The van der Waals surface area contributed by atoms with Gasteiger partial charge >= 0.3 is 0 Å². The highest BCUT2D eigenvalue weighted by Crippen LogP contribution is 2.31. The average molecular weight is 292 g/mol. The molecule has 106 valence electrons. The quantitative estimate of drug-likeness (QED) is 0.499. The van der Waals surface area contributed by atoms with Gasteiger partial charge < -0.3 is 5.73 Å². The lowest BCUT2D eigenvalue weighted by atomic mass is 10.1. The minimum Gasteiger partial charge on any atom is -0.399 e. The molecule has 1 aliphatic rings. The zero-order valence-electron chi connectivity index (χ0n) is 10.4. The molecule has 21 heavy (non-hydrogen) atoms. The Hall–Kier alpha value is -2.83. The summed E-state index contributed by atoms with van der Waals surface area (Å²) in [5.41, 5.74) is 5.53. The molecule has 0 atom stereocenters. The summed E-state index contributed by atoms with van der Waals surface area (Å²) < 4.78 is 39.5.